The lowest BCUT2D eigenvalue weighted by Crippen LogP contribution is -2.06. The third-order valence-electron chi connectivity index (χ3n) is 2.67. The Balaban J connectivity index is 2.53. The normalized spacial score (nSPS) is 10.7. The van der Waals surface area contributed by atoms with Gasteiger partial charge in [-0.1, -0.05) is 6.07 Å². The number of aryl methyl sites for hydroxylation is 2. The molecule has 0 atom stereocenters. The topological polar surface area (TPSA) is 62.3 Å². The second-order valence-corrected chi connectivity index (χ2v) is 5.14. The Morgan fingerprint density at radius 1 is 1.37 bits per heavy atom. The van der Waals surface area contributed by atoms with Crippen LogP contribution in [0.15, 0.2) is 22.8 Å². The van der Waals surface area contributed by atoms with Gasteiger partial charge in [0.05, 0.1) is 4.47 Å². The molecule has 0 radical (unpaired) electrons. The van der Waals surface area contributed by atoms with Crippen LogP contribution in [0.25, 0.3) is 5.69 Å². The molecule has 1 heterocycles. The van der Waals surface area contributed by atoms with Gasteiger partial charge in [0.1, 0.15) is 11.4 Å². The summed E-state index contributed by atoms with van der Waals surface area (Å²) < 4.78 is 13.0. The van der Waals surface area contributed by atoms with Gasteiger partial charge in [-0.05, 0) is 47.0 Å². The van der Waals surface area contributed by atoms with E-state index in [1.54, 1.807) is 11.8 Å². The highest BCUT2D eigenvalue weighted by atomic mass is 79.9. The first-order chi connectivity index (χ1) is 9.02. The maximum Gasteiger partial charge on any atom is 0.188 e. The Labute approximate surface area is 120 Å². The van der Waals surface area contributed by atoms with Crippen molar-refractivity contribution in [2.45, 2.75) is 13.8 Å². The molecular weight excluding hydrogens is 310 g/mol. The smallest absolute Gasteiger partial charge is 0.188 e. The fourth-order valence-corrected chi connectivity index (χ4v) is 2.20. The van der Waals surface area contributed by atoms with E-state index in [2.05, 4.69) is 27.1 Å². The first-order valence-corrected chi connectivity index (χ1v) is 6.56. The summed E-state index contributed by atoms with van der Waals surface area (Å²) in [5.41, 5.74) is 8.80. The Morgan fingerprint density at radius 3 is 2.68 bits per heavy atom. The number of nitrogen functional groups attached to an aromatic ring is 1. The standard InChI is InChI=1S/C13H16BrN3O2/c1-8-4-9(2)12(11(5-8)19-7-18-3)17-6-10(14)13(15)16-17/h4-6H,7H2,1-3H3,(H2,15,16). The summed E-state index contributed by atoms with van der Waals surface area (Å²) in [7, 11) is 1.59. The second-order valence-electron chi connectivity index (χ2n) is 4.29. The zero-order chi connectivity index (χ0) is 14.0. The predicted octanol–water partition coefficient (Wildman–Crippen LogP) is 2.82. The van der Waals surface area contributed by atoms with E-state index >= 15 is 0 Å². The van der Waals surface area contributed by atoms with Gasteiger partial charge in [-0.3, -0.25) is 0 Å². The van der Waals surface area contributed by atoms with Crippen LogP contribution in [0.3, 0.4) is 0 Å². The molecule has 102 valence electrons. The van der Waals surface area contributed by atoms with Gasteiger partial charge in [-0.25, -0.2) is 4.68 Å². The second kappa shape index (κ2) is 5.63. The van der Waals surface area contributed by atoms with Crippen LogP contribution < -0.4 is 10.5 Å². The van der Waals surface area contributed by atoms with Crippen molar-refractivity contribution in [3.63, 3.8) is 0 Å². The number of benzene rings is 1. The average molecular weight is 326 g/mol. The summed E-state index contributed by atoms with van der Waals surface area (Å²) in [6.07, 6.45) is 1.81. The van der Waals surface area contributed by atoms with Crippen molar-refractivity contribution in [2.24, 2.45) is 0 Å². The largest absolute Gasteiger partial charge is 0.465 e. The van der Waals surface area contributed by atoms with Crippen LogP contribution >= 0.6 is 15.9 Å². The van der Waals surface area contributed by atoms with Gasteiger partial charge >= 0.3 is 0 Å². The van der Waals surface area contributed by atoms with Gasteiger partial charge in [0.25, 0.3) is 0 Å². The van der Waals surface area contributed by atoms with Crippen molar-refractivity contribution < 1.29 is 9.47 Å². The summed E-state index contributed by atoms with van der Waals surface area (Å²) in [6.45, 7) is 4.21. The zero-order valence-electron chi connectivity index (χ0n) is 11.1. The van der Waals surface area contributed by atoms with Gasteiger partial charge in [0, 0.05) is 13.3 Å². The lowest BCUT2D eigenvalue weighted by atomic mass is 10.1. The molecule has 0 fully saturated rings. The van der Waals surface area contributed by atoms with Gasteiger partial charge in [-0.15, -0.1) is 5.10 Å². The fraction of sp³-hybridized carbons (Fsp3) is 0.308. The summed E-state index contributed by atoms with van der Waals surface area (Å²) in [5.74, 6) is 1.16. The fourth-order valence-electron chi connectivity index (χ4n) is 1.93. The molecule has 1 aromatic carbocycles. The lowest BCUT2D eigenvalue weighted by molar-refractivity contribution is 0.0509. The molecule has 2 rings (SSSR count). The quantitative estimate of drug-likeness (QED) is 0.878. The number of nitrogens with two attached hydrogens (primary N) is 1. The number of halogens is 1. The van der Waals surface area contributed by atoms with Crippen molar-refractivity contribution in [3.05, 3.63) is 33.9 Å². The molecule has 0 aliphatic rings. The van der Waals surface area contributed by atoms with Crippen molar-refractivity contribution in [1.82, 2.24) is 9.78 Å². The van der Waals surface area contributed by atoms with Crippen LogP contribution in [-0.4, -0.2) is 23.7 Å². The van der Waals surface area contributed by atoms with E-state index in [9.17, 15) is 0 Å². The van der Waals surface area contributed by atoms with Gasteiger partial charge in [0.2, 0.25) is 0 Å². The SMILES string of the molecule is COCOc1cc(C)cc(C)c1-n1cc(Br)c(N)n1. The van der Waals surface area contributed by atoms with Crippen molar-refractivity contribution in [3.8, 4) is 11.4 Å². The Kier molecular flexibility index (Phi) is 4.11. The highest BCUT2D eigenvalue weighted by Gasteiger charge is 2.13. The number of hydrogen-bond donors (Lipinski definition) is 1. The molecule has 0 bridgehead atoms. The summed E-state index contributed by atoms with van der Waals surface area (Å²) >= 11 is 3.36. The van der Waals surface area contributed by atoms with Crippen LogP contribution in [0.2, 0.25) is 0 Å². The molecule has 0 aliphatic carbocycles. The van der Waals surface area contributed by atoms with Crippen molar-refractivity contribution >= 4 is 21.7 Å². The summed E-state index contributed by atoms with van der Waals surface area (Å²) in [6, 6.07) is 4.02. The van der Waals surface area contributed by atoms with Crippen LogP contribution in [0.5, 0.6) is 5.75 Å². The van der Waals surface area contributed by atoms with Gasteiger partial charge < -0.3 is 15.2 Å². The van der Waals surface area contributed by atoms with Gasteiger partial charge in [0.15, 0.2) is 12.6 Å². The van der Waals surface area contributed by atoms with Gasteiger partial charge in [-0.2, -0.15) is 0 Å². The minimum atomic E-state index is 0.188. The van der Waals surface area contributed by atoms with Crippen molar-refractivity contribution in [1.29, 1.82) is 0 Å². The maximum absolute atomic E-state index is 5.76. The maximum atomic E-state index is 5.76. The molecule has 2 aromatic rings. The molecule has 19 heavy (non-hydrogen) atoms. The molecule has 2 N–H and O–H groups in total. The highest BCUT2D eigenvalue weighted by molar-refractivity contribution is 9.10. The molecule has 1 aromatic heterocycles. The first-order valence-electron chi connectivity index (χ1n) is 5.77. The van der Waals surface area contributed by atoms with E-state index in [-0.39, 0.29) is 6.79 Å². The molecule has 0 saturated heterocycles. The van der Waals surface area contributed by atoms with Crippen molar-refractivity contribution in [2.75, 3.05) is 19.6 Å². The third kappa shape index (κ3) is 2.90. The monoisotopic (exact) mass is 325 g/mol. The Hall–Kier alpha value is -1.53. The van der Waals surface area contributed by atoms with E-state index in [4.69, 9.17) is 15.2 Å². The minimum absolute atomic E-state index is 0.188. The van der Waals surface area contributed by atoms with Crippen LogP contribution in [-0.2, 0) is 4.74 Å². The van der Waals surface area contributed by atoms with E-state index in [0.717, 1.165) is 21.3 Å². The summed E-state index contributed by atoms with van der Waals surface area (Å²) in [4.78, 5) is 0. The van der Waals surface area contributed by atoms with E-state index < -0.39 is 0 Å². The van der Waals surface area contributed by atoms with Crippen LogP contribution in [0, 0.1) is 13.8 Å². The molecule has 0 unspecified atom stereocenters. The molecule has 0 amide bonds. The summed E-state index contributed by atoms with van der Waals surface area (Å²) in [5, 5.41) is 4.27. The lowest BCUT2D eigenvalue weighted by Gasteiger charge is -2.14. The molecular formula is C13H16BrN3O2. The molecule has 0 spiro atoms. The Bertz CT molecular complexity index is 576. The number of aromatic nitrogens is 2. The molecule has 0 saturated carbocycles. The van der Waals surface area contributed by atoms with E-state index in [0.29, 0.717) is 11.6 Å². The third-order valence-corrected chi connectivity index (χ3v) is 3.28. The van der Waals surface area contributed by atoms with Crippen LogP contribution in [0.1, 0.15) is 11.1 Å². The predicted molar refractivity (Wildman–Crippen MR) is 77.7 cm³/mol. The molecule has 0 aliphatic heterocycles. The van der Waals surface area contributed by atoms with E-state index in [1.165, 1.54) is 0 Å². The van der Waals surface area contributed by atoms with E-state index in [1.807, 2.05) is 26.1 Å². The number of rotatable bonds is 4. The first kappa shape index (κ1) is 13.9. The number of hydrogen-bond acceptors (Lipinski definition) is 4. The molecule has 6 heteroatoms. The molecule has 5 nitrogen and oxygen atoms in total. The number of methoxy groups -OCH3 is 1. The minimum Gasteiger partial charge on any atom is -0.465 e. The number of anilines is 1. The number of nitrogens with zero attached hydrogens (tertiary/aromatic N) is 2. The Morgan fingerprint density at radius 2 is 2.11 bits per heavy atom. The van der Waals surface area contributed by atoms with Crippen LogP contribution in [0.4, 0.5) is 5.82 Å². The average Bonchev–Trinajstić information content (AvgIpc) is 2.65. The highest BCUT2D eigenvalue weighted by Crippen LogP contribution is 2.30. The zero-order valence-corrected chi connectivity index (χ0v) is 12.7. The number of ether oxygens (including phenoxy) is 2.